The number of piperidine rings is 1. The van der Waals surface area contributed by atoms with Crippen LogP contribution >= 0.6 is 0 Å². The summed E-state index contributed by atoms with van der Waals surface area (Å²) in [6, 6.07) is 8.10. The smallest absolute Gasteiger partial charge is 0.319 e. The molecule has 3 aliphatic rings. The van der Waals surface area contributed by atoms with Crippen LogP contribution in [-0.4, -0.2) is 36.9 Å². The van der Waals surface area contributed by atoms with Gasteiger partial charge >= 0.3 is 6.03 Å². The maximum atomic E-state index is 12.5. The van der Waals surface area contributed by atoms with Crippen molar-refractivity contribution < 1.29 is 9.90 Å². The highest BCUT2D eigenvalue weighted by Crippen LogP contribution is 2.48. The monoisotopic (exact) mass is 343 g/mol. The second-order valence-electron chi connectivity index (χ2n) is 7.90. The van der Waals surface area contributed by atoms with Gasteiger partial charge in [-0.2, -0.15) is 0 Å². The number of urea groups is 1. The van der Waals surface area contributed by atoms with Gasteiger partial charge in [-0.15, -0.1) is 0 Å². The summed E-state index contributed by atoms with van der Waals surface area (Å²) in [5.74, 6) is 1.35. The van der Waals surface area contributed by atoms with E-state index in [0.29, 0.717) is 11.8 Å². The molecule has 1 saturated heterocycles. The van der Waals surface area contributed by atoms with E-state index in [1.165, 1.54) is 37.8 Å². The number of carbonyl (C=O) groups is 1. The number of rotatable bonds is 4. The highest BCUT2D eigenvalue weighted by molar-refractivity contribution is 5.90. The highest BCUT2D eigenvalue weighted by atomic mass is 16.3. The number of hydrogen-bond acceptors (Lipinski definition) is 3. The van der Waals surface area contributed by atoms with Crippen molar-refractivity contribution in [2.45, 2.75) is 44.6 Å². The summed E-state index contributed by atoms with van der Waals surface area (Å²) >= 11 is 0. The Morgan fingerprint density at radius 3 is 2.76 bits per heavy atom. The first kappa shape index (κ1) is 16.7. The fraction of sp³-hybridized carbons (Fsp3) is 0.650. The Labute approximate surface area is 149 Å². The number of fused-ring (bicyclic) bond motifs is 2. The number of amides is 2. The van der Waals surface area contributed by atoms with Crippen molar-refractivity contribution in [1.29, 1.82) is 0 Å². The first-order valence-corrected chi connectivity index (χ1v) is 9.78. The number of aliphatic hydroxyl groups excluding tert-OH is 1. The zero-order valence-electron chi connectivity index (χ0n) is 14.8. The van der Waals surface area contributed by atoms with Crippen LogP contribution in [0.25, 0.3) is 0 Å². The van der Waals surface area contributed by atoms with Gasteiger partial charge in [0.2, 0.25) is 0 Å². The topological polar surface area (TPSA) is 64.6 Å². The molecule has 5 nitrogen and oxygen atoms in total. The molecule has 0 aromatic heterocycles. The number of hydrogen-bond donors (Lipinski definition) is 3. The molecule has 2 saturated carbocycles. The summed E-state index contributed by atoms with van der Waals surface area (Å²) in [7, 11) is 0. The molecule has 1 aromatic rings. The van der Waals surface area contributed by atoms with E-state index in [0.717, 1.165) is 25.2 Å². The third-order valence-corrected chi connectivity index (χ3v) is 6.42. The maximum Gasteiger partial charge on any atom is 0.319 e. The quantitative estimate of drug-likeness (QED) is 0.786. The molecule has 25 heavy (non-hydrogen) atoms. The van der Waals surface area contributed by atoms with Crippen LogP contribution in [0.3, 0.4) is 0 Å². The molecular weight excluding hydrogens is 314 g/mol. The minimum Gasteiger partial charge on any atom is -0.396 e. The first-order chi connectivity index (χ1) is 12.2. The van der Waals surface area contributed by atoms with Crippen molar-refractivity contribution >= 4 is 17.4 Å². The number of nitrogens with one attached hydrogen (secondary N) is 2. The van der Waals surface area contributed by atoms with Crippen molar-refractivity contribution in [3.63, 3.8) is 0 Å². The van der Waals surface area contributed by atoms with E-state index in [1.807, 2.05) is 12.1 Å². The lowest BCUT2D eigenvalue weighted by Crippen LogP contribution is -2.46. The van der Waals surface area contributed by atoms with E-state index in [-0.39, 0.29) is 24.6 Å². The Balaban J connectivity index is 1.38. The van der Waals surface area contributed by atoms with Gasteiger partial charge in [0.1, 0.15) is 0 Å². The number of carbonyl (C=O) groups excluding carboxylic acids is 1. The van der Waals surface area contributed by atoms with E-state index in [1.54, 1.807) is 0 Å². The molecule has 136 valence electrons. The Morgan fingerprint density at radius 1 is 1.16 bits per heavy atom. The average Bonchev–Trinajstić information content (AvgIpc) is 3.24. The fourth-order valence-electron chi connectivity index (χ4n) is 5.15. The molecule has 5 heteroatoms. The third-order valence-electron chi connectivity index (χ3n) is 6.42. The normalized spacial score (nSPS) is 31.2. The summed E-state index contributed by atoms with van der Waals surface area (Å²) < 4.78 is 0. The molecule has 4 unspecified atom stereocenters. The molecule has 4 atom stereocenters. The Morgan fingerprint density at radius 2 is 1.96 bits per heavy atom. The largest absolute Gasteiger partial charge is 0.396 e. The van der Waals surface area contributed by atoms with Crippen LogP contribution in [0.2, 0.25) is 0 Å². The standard InChI is InChI=1S/C20H29N3O2/c24-13-18-14-7-8-15(11-14)19(18)22-20(25)21-16-5-4-6-17(12-16)23-9-2-1-3-10-23/h4-6,12,14-15,18-19,24H,1-3,7-11,13H2,(H2,21,22,25). The third kappa shape index (κ3) is 3.47. The van der Waals surface area contributed by atoms with Crippen LogP contribution in [0.15, 0.2) is 24.3 Å². The van der Waals surface area contributed by atoms with E-state index >= 15 is 0 Å². The van der Waals surface area contributed by atoms with Crippen molar-refractivity contribution in [3.8, 4) is 0 Å². The molecule has 1 heterocycles. The van der Waals surface area contributed by atoms with Gasteiger partial charge in [-0.3, -0.25) is 0 Å². The number of anilines is 2. The van der Waals surface area contributed by atoms with E-state index in [9.17, 15) is 9.90 Å². The zero-order chi connectivity index (χ0) is 17.2. The molecule has 1 aliphatic heterocycles. The first-order valence-electron chi connectivity index (χ1n) is 9.78. The highest BCUT2D eigenvalue weighted by Gasteiger charge is 2.47. The minimum atomic E-state index is -0.146. The van der Waals surface area contributed by atoms with Gasteiger partial charge in [-0.05, 0) is 68.6 Å². The maximum absolute atomic E-state index is 12.5. The Hall–Kier alpha value is -1.75. The molecule has 0 spiro atoms. The summed E-state index contributed by atoms with van der Waals surface area (Å²) in [5.41, 5.74) is 2.02. The van der Waals surface area contributed by atoms with Crippen LogP contribution in [0.5, 0.6) is 0 Å². The minimum absolute atomic E-state index is 0.119. The SMILES string of the molecule is O=C(Nc1cccc(N2CCCCC2)c1)NC1C2CCC(C2)C1CO. The second-order valence-corrected chi connectivity index (χ2v) is 7.90. The lowest BCUT2D eigenvalue weighted by Gasteiger charge is -2.31. The van der Waals surface area contributed by atoms with Gasteiger partial charge in [0, 0.05) is 43.0 Å². The van der Waals surface area contributed by atoms with Crippen molar-refractivity contribution in [2.75, 3.05) is 29.9 Å². The molecule has 2 bridgehead atoms. The zero-order valence-corrected chi connectivity index (χ0v) is 14.8. The molecule has 2 amide bonds. The fourth-order valence-corrected chi connectivity index (χ4v) is 5.15. The number of nitrogens with zero attached hydrogens (tertiary/aromatic N) is 1. The second kappa shape index (κ2) is 7.24. The number of aliphatic hydroxyl groups is 1. The van der Waals surface area contributed by atoms with Crippen LogP contribution in [0.1, 0.15) is 38.5 Å². The van der Waals surface area contributed by atoms with Crippen LogP contribution in [-0.2, 0) is 0 Å². The van der Waals surface area contributed by atoms with Crippen molar-refractivity contribution in [3.05, 3.63) is 24.3 Å². The lowest BCUT2D eigenvalue weighted by atomic mass is 9.85. The van der Waals surface area contributed by atoms with Crippen molar-refractivity contribution in [1.82, 2.24) is 5.32 Å². The summed E-state index contributed by atoms with van der Waals surface area (Å²) in [6.07, 6.45) is 7.33. The summed E-state index contributed by atoms with van der Waals surface area (Å²) in [4.78, 5) is 14.9. The summed E-state index contributed by atoms with van der Waals surface area (Å²) in [5, 5.41) is 15.8. The van der Waals surface area contributed by atoms with Gasteiger partial charge in [0.25, 0.3) is 0 Å². The molecule has 3 fully saturated rings. The van der Waals surface area contributed by atoms with E-state index in [4.69, 9.17) is 0 Å². The van der Waals surface area contributed by atoms with Gasteiger partial charge in [-0.25, -0.2) is 4.79 Å². The van der Waals surface area contributed by atoms with Crippen LogP contribution in [0, 0.1) is 17.8 Å². The van der Waals surface area contributed by atoms with Gasteiger partial charge in [0.05, 0.1) is 0 Å². The van der Waals surface area contributed by atoms with E-state index in [2.05, 4.69) is 27.7 Å². The van der Waals surface area contributed by atoms with Crippen molar-refractivity contribution in [2.24, 2.45) is 17.8 Å². The molecule has 4 rings (SSSR count). The number of benzene rings is 1. The molecule has 3 N–H and O–H groups in total. The Bertz CT molecular complexity index is 615. The van der Waals surface area contributed by atoms with E-state index < -0.39 is 0 Å². The predicted octanol–water partition coefficient (Wildman–Crippen LogP) is 3.21. The molecular formula is C20H29N3O2. The Kier molecular flexibility index (Phi) is 4.84. The van der Waals surface area contributed by atoms with Crippen LogP contribution < -0.4 is 15.5 Å². The lowest BCUT2D eigenvalue weighted by molar-refractivity contribution is 0.146. The molecule has 0 radical (unpaired) electrons. The molecule has 1 aromatic carbocycles. The predicted molar refractivity (Wildman–Crippen MR) is 99.9 cm³/mol. The van der Waals surface area contributed by atoms with Gasteiger partial charge in [0.15, 0.2) is 0 Å². The van der Waals surface area contributed by atoms with Crippen LogP contribution in [0.4, 0.5) is 16.2 Å². The van der Waals surface area contributed by atoms with Gasteiger partial charge in [-0.1, -0.05) is 6.07 Å². The summed E-state index contributed by atoms with van der Waals surface area (Å²) in [6.45, 7) is 2.37. The molecule has 2 aliphatic carbocycles. The van der Waals surface area contributed by atoms with Gasteiger partial charge < -0.3 is 20.6 Å². The average molecular weight is 343 g/mol.